The fraction of sp³-hybridized carbons (Fsp3) is 0.360. The number of anilines is 3. The molecule has 2 fully saturated rings. The number of nitrogens with one attached hydrogen (secondary N) is 2. The quantitative estimate of drug-likeness (QED) is 0.388. The maximum Gasteiger partial charge on any atom is 0.416 e. The SMILES string of the molecule is CCn1cc(C(=O)O)c(=O)c2ccc(N3CC(NC[C@@H]4CN(c5ccc6c(n5)NC(=O)CO6)C(=O)O4)C3)nc21. The Morgan fingerprint density at radius 3 is 2.69 bits per heavy atom. The maximum atomic E-state index is 12.6. The molecule has 2 amide bonds. The number of fused-ring (bicyclic) bond motifs is 2. The zero-order valence-electron chi connectivity index (χ0n) is 20.9. The van der Waals surface area contributed by atoms with E-state index in [0.29, 0.717) is 55.8 Å². The van der Waals surface area contributed by atoms with Gasteiger partial charge in [0.15, 0.2) is 18.2 Å². The predicted octanol–water partition coefficient (Wildman–Crippen LogP) is 0.644. The van der Waals surface area contributed by atoms with Crippen LogP contribution < -0.4 is 30.6 Å². The number of cyclic esters (lactones) is 1. The van der Waals surface area contributed by atoms with E-state index in [-0.39, 0.29) is 41.4 Å². The van der Waals surface area contributed by atoms with Crippen LogP contribution in [0.5, 0.6) is 5.75 Å². The maximum absolute atomic E-state index is 12.6. The zero-order chi connectivity index (χ0) is 27.3. The van der Waals surface area contributed by atoms with Crippen LogP contribution in [0.2, 0.25) is 0 Å². The lowest BCUT2D eigenvalue weighted by molar-refractivity contribution is -0.118. The van der Waals surface area contributed by atoms with Crippen molar-refractivity contribution in [2.24, 2.45) is 0 Å². The molecule has 14 heteroatoms. The fourth-order valence-corrected chi connectivity index (χ4v) is 4.84. The van der Waals surface area contributed by atoms with Gasteiger partial charge < -0.3 is 34.7 Å². The molecule has 14 nitrogen and oxygen atoms in total. The number of rotatable bonds is 7. The average molecular weight is 536 g/mol. The normalized spacial score (nSPS) is 18.8. The van der Waals surface area contributed by atoms with Crippen molar-refractivity contribution in [1.82, 2.24) is 19.9 Å². The first-order chi connectivity index (χ1) is 18.8. The Bertz CT molecular complexity index is 1570. The van der Waals surface area contributed by atoms with Crippen molar-refractivity contribution >= 4 is 46.5 Å². The number of ether oxygens (including phenoxy) is 2. The van der Waals surface area contributed by atoms with Crippen LogP contribution in [0.3, 0.4) is 0 Å². The van der Waals surface area contributed by atoms with Gasteiger partial charge in [-0.1, -0.05) is 0 Å². The lowest BCUT2D eigenvalue weighted by Crippen LogP contribution is -2.59. The van der Waals surface area contributed by atoms with Crippen molar-refractivity contribution in [2.45, 2.75) is 25.6 Å². The number of nitrogens with zero attached hydrogens (tertiary/aromatic N) is 5. The molecule has 0 unspecified atom stereocenters. The van der Waals surface area contributed by atoms with Gasteiger partial charge in [-0.2, -0.15) is 0 Å². The fourth-order valence-electron chi connectivity index (χ4n) is 4.84. The number of carboxylic acids is 1. The Balaban J connectivity index is 1.06. The smallest absolute Gasteiger partial charge is 0.416 e. The highest BCUT2D eigenvalue weighted by Crippen LogP contribution is 2.30. The van der Waals surface area contributed by atoms with Crippen LogP contribution in [0.25, 0.3) is 11.0 Å². The second-order valence-electron chi connectivity index (χ2n) is 9.48. The number of aromatic nitrogens is 3. The number of aryl methyl sites for hydroxylation is 1. The summed E-state index contributed by atoms with van der Waals surface area (Å²) in [7, 11) is 0. The molecular formula is C25H25N7O7. The standard InChI is InChI=1S/C25H25N7O7/c1-2-30-11-16(24(35)36)21(34)15-3-5-18(28-23(15)30)31-8-13(9-31)26-7-14-10-32(25(37)39-14)19-6-4-17-22(27-19)29-20(33)12-38-17/h3-6,11,13-14,26H,2,7-10,12H2,1H3,(H,35,36)(H,27,29,33)/t14-/m1/s1. The van der Waals surface area contributed by atoms with Crippen molar-refractivity contribution in [3.63, 3.8) is 0 Å². The lowest BCUT2D eigenvalue weighted by Gasteiger charge is -2.41. The third-order valence-corrected chi connectivity index (χ3v) is 6.93. The molecule has 0 aromatic carbocycles. The third-order valence-electron chi connectivity index (χ3n) is 6.93. The molecule has 3 N–H and O–H groups in total. The molecule has 6 rings (SSSR count). The minimum Gasteiger partial charge on any atom is -0.480 e. The molecule has 1 atom stereocenters. The molecule has 0 bridgehead atoms. The van der Waals surface area contributed by atoms with E-state index in [1.54, 1.807) is 28.8 Å². The Kier molecular flexibility index (Phi) is 6.02. The van der Waals surface area contributed by atoms with Gasteiger partial charge in [0.25, 0.3) is 5.91 Å². The topological polar surface area (TPSA) is 168 Å². The monoisotopic (exact) mass is 535 g/mol. The Labute approximate surface area is 221 Å². The summed E-state index contributed by atoms with van der Waals surface area (Å²) in [6, 6.07) is 6.80. The van der Waals surface area contributed by atoms with Crippen LogP contribution in [0.15, 0.2) is 35.3 Å². The molecule has 0 radical (unpaired) electrons. The number of carbonyl (C=O) groups is 3. The van der Waals surface area contributed by atoms with Gasteiger partial charge in [0.2, 0.25) is 5.43 Å². The molecule has 0 saturated carbocycles. The van der Waals surface area contributed by atoms with Crippen molar-refractivity contribution in [1.29, 1.82) is 0 Å². The molecule has 2 saturated heterocycles. The molecule has 39 heavy (non-hydrogen) atoms. The number of aromatic carboxylic acids is 1. The van der Waals surface area contributed by atoms with Gasteiger partial charge in [0.05, 0.1) is 11.9 Å². The molecule has 0 aliphatic carbocycles. The summed E-state index contributed by atoms with van der Waals surface area (Å²) in [5.74, 6) is 0.209. The van der Waals surface area contributed by atoms with E-state index in [2.05, 4.69) is 20.6 Å². The number of pyridine rings is 3. The first-order valence-corrected chi connectivity index (χ1v) is 12.5. The molecule has 3 aliphatic rings. The second kappa shape index (κ2) is 9.54. The molecular weight excluding hydrogens is 510 g/mol. The molecule has 3 aromatic heterocycles. The van der Waals surface area contributed by atoms with E-state index in [1.165, 1.54) is 11.1 Å². The number of amides is 2. The van der Waals surface area contributed by atoms with Crippen molar-refractivity contribution in [3.8, 4) is 5.75 Å². The highest BCUT2D eigenvalue weighted by molar-refractivity contribution is 5.95. The molecule has 3 aliphatic heterocycles. The van der Waals surface area contributed by atoms with Gasteiger partial charge in [-0.25, -0.2) is 19.6 Å². The van der Waals surface area contributed by atoms with Crippen LogP contribution in [0.1, 0.15) is 17.3 Å². The summed E-state index contributed by atoms with van der Waals surface area (Å²) in [5, 5.41) is 15.6. The molecule has 6 heterocycles. The first kappa shape index (κ1) is 24.6. The Morgan fingerprint density at radius 2 is 1.92 bits per heavy atom. The largest absolute Gasteiger partial charge is 0.480 e. The summed E-state index contributed by atoms with van der Waals surface area (Å²) in [6.07, 6.45) is 0.442. The summed E-state index contributed by atoms with van der Waals surface area (Å²) >= 11 is 0. The minimum atomic E-state index is -1.26. The molecule has 202 valence electrons. The van der Waals surface area contributed by atoms with E-state index in [4.69, 9.17) is 9.47 Å². The van der Waals surface area contributed by atoms with Gasteiger partial charge in [0, 0.05) is 38.4 Å². The zero-order valence-corrected chi connectivity index (χ0v) is 20.9. The van der Waals surface area contributed by atoms with Crippen LogP contribution in [0, 0.1) is 0 Å². The summed E-state index contributed by atoms with van der Waals surface area (Å²) < 4.78 is 12.5. The Hall–Kier alpha value is -4.72. The number of carbonyl (C=O) groups excluding carboxylic acids is 2. The molecule has 3 aromatic rings. The predicted molar refractivity (Wildman–Crippen MR) is 139 cm³/mol. The highest BCUT2D eigenvalue weighted by Gasteiger charge is 2.36. The number of hydrogen-bond acceptors (Lipinski definition) is 10. The van der Waals surface area contributed by atoms with E-state index in [0.717, 1.165) is 0 Å². The van der Waals surface area contributed by atoms with E-state index in [1.807, 2.05) is 11.8 Å². The van der Waals surface area contributed by atoms with Crippen LogP contribution >= 0.6 is 0 Å². The minimum absolute atomic E-state index is 0.0729. The van der Waals surface area contributed by atoms with Gasteiger partial charge in [-0.3, -0.25) is 14.5 Å². The van der Waals surface area contributed by atoms with E-state index >= 15 is 0 Å². The van der Waals surface area contributed by atoms with Gasteiger partial charge in [0.1, 0.15) is 29.0 Å². The third kappa shape index (κ3) is 4.48. The second-order valence-corrected chi connectivity index (χ2v) is 9.48. The van der Waals surface area contributed by atoms with Crippen molar-refractivity contribution in [3.05, 3.63) is 46.2 Å². The van der Waals surface area contributed by atoms with Crippen molar-refractivity contribution in [2.75, 3.05) is 47.9 Å². The van der Waals surface area contributed by atoms with E-state index < -0.39 is 17.5 Å². The number of hydrogen-bond donors (Lipinski definition) is 3. The number of carboxylic acid groups (broad SMARTS) is 1. The summed E-state index contributed by atoms with van der Waals surface area (Å²) in [6.45, 7) is 4.34. The van der Waals surface area contributed by atoms with E-state index in [9.17, 15) is 24.3 Å². The van der Waals surface area contributed by atoms with Gasteiger partial charge >= 0.3 is 12.1 Å². The van der Waals surface area contributed by atoms with Crippen LogP contribution in [-0.2, 0) is 16.1 Å². The summed E-state index contributed by atoms with van der Waals surface area (Å²) in [5.41, 5.74) is -0.379. The van der Waals surface area contributed by atoms with Crippen LogP contribution in [0.4, 0.5) is 22.2 Å². The Morgan fingerprint density at radius 1 is 1.13 bits per heavy atom. The van der Waals surface area contributed by atoms with Gasteiger partial charge in [-0.05, 0) is 31.2 Å². The lowest BCUT2D eigenvalue weighted by atomic mass is 10.1. The first-order valence-electron chi connectivity index (χ1n) is 12.5. The molecule has 0 spiro atoms. The average Bonchev–Trinajstić information content (AvgIpc) is 3.27. The summed E-state index contributed by atoms with van der Waals surface area (Å²) in [4.78, 5) is 60.5. The van der Waals surface area contributed by atoms with Crippen LogP contribution in [-0.4, -0.2) is 82.5 Å². The van der Waals surface area contributed by atoms with Gasteiger partial charge in [-0.15, -0.1) is 0 Å². The van der Waals surface area contributed by atoms with Crippen molar-refractivity contribution < 1.29 is 29.0 Å². The highest BCUT2D eigenvalue weighted by atomic mass is 16.6.